The fourth-order valence-corrected chi connectivity index (χ4v) is 2.94. The van der Waals surface area contributed by atoms with E-state index in [1.165, 1.54) is 0 Å². The van der Waals surface area contributed by atoms with Crippen molar-refractivity contribution >= 4 is 17.5 Å². The Kier molecular flexibility index (Phi) is 4.72. The first-order valence-corrected chi connectivity index (χ1v) is 7.07. The number of ketones is 1. The summed E-state index contributed by atoms with van der Waals surface area (Å²) in [5.74, 6) is 0.876. The van der Waals surface area contributed by atoms with Crippen molar-refractivity contribution in [2.75, 3.05) is 18.1 Å². The molecule has 1 aromatic rings. The van der Waals surface area contributed by atoms with Gasteiger partial charge in [-0.05, 0) is 23.8 Å². The Bertz CT molecular complexity index is 433. The zero-order chi connectivity index (χ0) is 13.0. The van der Waals surface area contributed by atoms with E-state index >= 15 is 0 Å². The van der Waals surface area contributed by atoms with Crippen LogP contribution in [0.3, 0.4) is 0 Å². The van der Waals surface area contributed by atoms with Gasteiger partial charge in [-0.3, -0.25) is 4.79 Å². The van der Waals surface area contributed by atoms with Crippen molar-refractivity contribution in [2.45, 2.75) is 18.9 Å². The Balaban J connectivity index is 1.92. The minimum Gasteiger partial charge on any atom is -0.312 e. The summed E-state index contributed by atoms with van der Waals surface area (Å²) in [6.07, 6.45) is 0.343. The van der Waals surface area contributed by atoms with Gasteiger partial charge in [0.15, 0.2) is 0 Å². The van der Waals surface area contributed by atoms with Crippen LogP contribution < -0.4 is 5.32 Å². The summed E-state index contributed by atoms with van der Waals surface area (Å²) in [4.78, 5) is 11.8. The minimum atomic E-state index is -0.518. The lowest BCUT2D eigenvalue weighted by molar-refractivity contribution is -0.118. The normalized spacial score (nSPS) is 19.8. The molecule has 1 saturated heterocycles. The third-order valence-corrected chi connectivity index (χ3v) is 4.00. The maximum Gasteiger partial charge on any atom is 0.138 e. The average Bonchev–Trinajstić information content (AvgIpc) is 2.35. The van der Waals surface area contributed by atoms with E-state index in [1.807, 2.05) is 11.8 Å². The summed E-state index contributed by atoms with van der Waals surface area (Å²) in [7, 11) is 0. The molecule has 1 fully saturated rings. The van der Waals surface area contributed by atoms with Gasteiger partial charge in [-0.15, -0.1) is 0 Å². The summed E-state index contributed by atoms with van der Waals surface area (Å²) in [5, 5.41) is 3.25. The van der Waals surface area contributed by atoms with Crippen LogP contribution in [0.15, 0.2) is 18.2 Å². The molecule has 2 nitrogen and oxygen atoms in total. The molecule has 0 radical (unpaired) electrons. The lowest BCUT2D eigenvalue weighted by Crippen LogP contribution is -2.39. The molecule has 1 unspecified atom stereocenters. The van der Waals surface area contributed by atoms with Crippen molar-refractivity contribution in [3.05, 3.63) is 35.4 Å². The molecule has 0 saturated carbocycles. The van der Waals surface area contributed by atoms with Crippen LogP contribution in [0.1, 0.15) is 12.0 Å². The lowest BCUT2D eigenvalue weighted by Gasteiger charge is -2.22. The highest BCUT2D eigenvalue weighted by Crippen LogP contribution is 2.14. The van der Waals surface area contributed by atoms with E-state index in [9.17, 15) is 13.6 Å². The van der Waals surface area contributed by atoms with Crippen LogP contribution in [0, 0.1) is 11.6 Å². The number of Topliss-reactive ketones (excluding diaryl/α,β-unsaturated/α-hetero) is 1. The van der Waals surface area contributed by atoms with Gasteiger partial charge < -0.3 is 5.32 Å². The van der Waals surface area contributed by atoms with E-state index < -0.39 is 11.6 Å². The molecule has 1 aliphatic heterocycles. The smallest absolute Gasteiger partial charge is 0.138 e. The zero-order valence-corrected chi connectivity index (χ0v) is 10.7. The van der Waals surface area contributed by atoms with Gasteiger partial charge in [-0.2, -0.15) is 11.8 Å². The molecule has 0 amide bonds. The number of thioether (sulfide) groups is 1. The molecule has 5 heteroatoms. The number of rotatable bonds is 4. The van der Waals surface area contributed by atoms with Gasteiger partial charge in [0.2, 0.25) is 0 Å². The molecule has 0 aliphatic carbocycles. The Morgan fingerprint density at radius 2 is 2.28 bits per heavy atom. The van der Waals surface area contributed by atoms with Gasteiger partial charge in [-0.25, -0.2) is 8.78 Å². The molecule has 98 valence electrons. The first-order chi connectivity index (χ1) is 8.65. The van der Waals surface area contributed by atoms with E-state index in [4.69, 9.17) is 0 Å². The Labute approximate surface area is 109 Å². The number of carbonyl (C=O) groups is 1. The van der Waals surface area contributed by atoms with Crippen LogP contribution in [0.5, 0.6) is 0 Å². The Hall–Kier alpha value is -0.940. The molecular weight excluding hydrogens is 256 g/mol. The molecule has 1 atom stereocenters. The number of benzene rings is 1. The number of hydrogen-bond donors (Lipinski definition) is 1. The molecule has 1 aliphatic rings. The molecule has 1 heterocycles. The van der Waals surface area contributed by atoms with E-state index in [0.29, 0.717) is 6.42 Å². The second kappa shape index (κ2) is 6.29. The third kappa shape index (κ3) is 3.78. The second-order valence-corrected chi connectivity index (χ2v) is 5.53. The minimum absolute atomic E-state index is 0.0353. The van der Waals surface area contributed by atoms with E-state index in [1.54, 1.807) is 0 Å². The zero-order valence-electron chi connectivity index (χ0n) is 9.92. The predicted molar refractivity (Wildman–Crippen MR) is 68.8 cm³/mol. The van der Waals surface area contributed by atoms with Crippen LogP contribution in [0.25, 0.3) is 0 Å². The van der Waals surface area contributed by atoms with Crippen molar-refractivity contribution in [3.8, 4) is 0 Å². The lowest BCUT2D eigenvalue weighted by atomic mass is 10.0. The van der Waals surface area contributed by atoms with Crippen LogP contribution >= 0.6 is 11.8 Å². The van der Waals surface area contributed by atoms with E-state index in [2.05, 4.69) is 5.32 Å². The molecule has 0 spiro atoms. The standard InChI is InChI=1S/C13H15F2NOS/c14-10-1-2-13(15)9(5-10)6-12(17)7-11-8-18-4-3-16-11/h1-2,5,11,16H,3-4,6-8H2. The van der Waals surface area contributed by atoms with Gasteiger partial charge in [0, 0.05) is 36.9 Å². The SMILES string of the molecule is O=C(Cc1cc(F)ccc1F)CC1CSCCN1. The van der Waals surface area contributed by atoms with Crippen molar-refractivity contribution in [2.24, 2.45) is 0 Å². The molecule has 1 N–H and O–H groups in total. The van der Waals surface area contributed by atoms with Crippen molar-refractivity contribution in [1.29, 1.82) is 0 Å². The van der Waals surface area contributed by atoms with Gasteiger partial charge >= 0.3 is 0 Å². The topological polar surface area (TPSA) is 29.1 Å². The summed E-state index contributed by atoms with van der Waals surface area (Å²) >= 11 is 1.81. The molecular formula is C13H15F2NOS. The first-order valence-electron chi connectivity index (χ1n) is 5.92. The fourth-order valence-electron chi connectivity index (χ4n) is 1.99. The van der Waals surface area contributed by atoms with Crippen LogP contribution in [0.4, 0.5) is 8.78 Å². The molecule has 18 heavy (non-hydrogen) atoms. The second-order valence-electron chi connectivity index (χ2n) is 4.38. The highest BCUT2D eigenvalue weighted by molar-refractivity contribution is 7.99. The van der Waals surface area contributed by atoms with Gasteiger partial charge in [0.05, 0.1) is 0 Å². The van der Waals surface area contributed by atoms with Gasteiger partial charge in [0.25, 0.3) is 0 Å². The van der Waals surface area contributed by atoms with E-state index in [0.717, 1.165) is 36.2 Å². The summed E-state index contributed by atoms with van der Waals surface area (Å²) in [5.41, 5.74) is 0.142. The maximum absolute atomic E-state index is 13.4. The summed E-state index contributed by atoms with van der Waals surface area (Å²) in [6, 6.07) is 3.37. The summed E-state index contributed by atoms with van der Waals surface area (Å²) in [6.45, 7) is 0.900. The number of halogens is 2. The third-order valence-electron chi connectivity index (χ3n) is 2.87. The van der Waals surface area contributed by atoms with Gasteiger partial charge in [0.1, 0.15) is 17.4 Å². The molecule has 0 aromatic heterocycles. The van der Waals surface area contributed by atoms with Crippen LogP contribution in [0.2, 0.25) is 0 Å². The van der Waals surface area contributed by atoms with E-state index in [-0.39, 0.29) is 23.8 Å². The first kappa shape index (κ1) is 13.5. The molecule has 0 bridgehead atoms. The quantitative estimate of drug-likeness (QED) is 0.910. The van der Waals surface area contributed by atoms with Crippen molar-refractivity contribution < 1.29 is 13.6 Å². The molecule has 1 aromatic carbocycles. The summed E-state index contributed by atoms with van der Waals surface area (Å²) < 4.78 is 26.3. The van der Waals surface area contributed by atoms with Gasteiger partial charge in [-0.1, -0.05) is 0 Å². The number of carbonyl (C=O) groups excluding carboxylic acids is 1. The van der Waals surface area contributed by atoms with Crippen molar-refractivity contribution in [1.82, 2.24) is 5.32 Å². The number of hydrogen-bond acceptors (Lipinski definition) is 3. The Morgan fingerprint density at radius 1 is 1.44 bits per heavy atom. The molecule has 2 rings (SSSR count). The highest BCUT2D eigenvalue weighted by atomic mass is 32.2. The highest BCUT2D eigenvalue weighted by Gasteiger charge is 2.18. The predicted octanol–water partition coefficient (Wildman–Crippen LogP) is 2.17. The Morgan fingerprint density at radius 3 is 3.00 bits per heavy atom. The van der Waals surface area contributed by atoms with Crippen LogP contribution in [-0.4, -0.2) is 29.9 Å². The largest absolute Gasteiger partial charge is 0.312 e. The fraction of sp³-hybridized carbons (Fsp3) is 0.462. The average molecular weight is 271 g/mol. The monoisotopic (exact) mass is 271 g/mol. The van der Waals surface area contributed by atoms with Crippen LogP contribution in [-0.2, 0) is 11.2 Å². The maximum atomic E-state index is 13.4. The number of nitrogens with one attached hydrogen (secondary N) is 1. The van der Waals surface area contributed by atoms with Crippen molar-refractivity contribution in [3.63, 3.8) is 0 Å².